The van der Waals surface area contributed by atoms with Crippen LogP contribution in [0, 0.1) is 26.7 Å². The van der Waals surface area contributed by atoms with Crippen LogP contribution >= 0.6 is 0 Å². The maximum absolute atomic E-state index is 12.3. The zero-order valence-corrected chi connectivity index (χ0v) is 16.2. The molecule has 1 saturated carbocycles. The molecule has 1 aliphatic carbocycles. The molecule has 1 radical (unpaired) electrons. The molecular formula is C17H22NO2Ta-. The quantitative estimate of drug-likeness (QED) is 0.522. The molecule has 1 aromatic heterocycles. The van der Waals surface area contributed by atoms with E-state index in [0.29, 0.717) is 11.6 Å². The number of allylic oxidation sites excluding steroid dienone is 2. The van der Waals surface area contributed by atoms with E-state index in [2.05, 4.69) is 4.98 Å². The maximum Gasteiger partial charge on any atom is 0.187 e. The maximum atomic E-state index is 12.3. The minimum absolute atomic E-state index is 0. The van der Waals surface area contributed by atoms with Crippen molar-refractivity contribution >= 4 is 5.78 Å². The van der Waals surface area contributed by atoms with Gasteiger partial charge in [0.25, 0.3) is 0 Å². The van der Waals surface area contributed by atoms with Gasteiger partial charge in [-0.3, -0.25) is 4.79 Å². The fourth-order valence-electron chi connectivity index (χ4n) is 2.83. The molecule has 4 heteroatoms. The Morgan fingerprint density at radius 3 is 2.33 bits per heavy atom. The number of hydrogen-bond acceptors (Lipinski definition) is 2. The Labute approximate surface area is 141 Å². The number of pyridine rings is 1. The number of rotatable bonds is 3. The summed E-state index contributed by atoms with van der Waals surface area (Å²) >= 11 is 0. The third-order valence-corrected chi connectivity index (χ3v) is 4.38. The third-order valence-electron chi connectivity index (χ3n) is 4.38. The third kappa shape index (κ3) is 4.29. The van der Waals surface area contributed by atoms with Crippen LogP contribution < -0.4 is 10.5 Å². The van der Waals surface area contributed by atoms with Crippen LogP contribution in [0.15, 0.2) is 16.9 Å². The zero-order valence-electron chi connectivity index (χ0n) is 13.0. The molecule has 0 saturated heterocycles. The molecule has 0 aliphatic heterocycles. The van der Waals surface area contributed by atoms with Crippen LogP contribution in [0.4, 0.5) is 0 Å². The van der Waals surface area contributed by atoms with Gasteiger partial charge in [-0.05, 0) is 44.2 Å². The summed E-state index contributed by atoms with van der Waals surface area (Å²) in [6, 6.07) is 0. The van der Waals surface area contributed by atoms with Gasteiger partial charge in [0, 0.05) is 27.9 Å². The summed E-state index contributed by atoms with van der Waals surface area (Å²) in [6.45, 7) is 5.53. The predicted molar refractivity (Wildman–Crippen MR) is 80.3 cm³/mol. The minimum atomic E-state index is -0.399. The summed E-state index contributed by atoms with van der Waals surface area (Å²) in [4.78, 5) is 28.1. The van der Waals surface area contributed by atoms with E-state index in [1.807, 2.05) is 19.9 Å². The average Bonchev–Trinajstić information content (AvgIpc) is 2.44. The Bertz CT molecular complexity index is 596. The SMILES string of the molecule is Cc1[n-]c(=O)c(C(=O)/C=C/C2CCCCC2)c(C)c1C.[Ta]. The number of ketones is 1. The van der Waals surface area contributed by atoms with Crippen molar-refractivity contribution in [3.63, 3.8) is 0 Å². The topological polar surface area (TPSA) is 48.2 Å². The van der Waals surface area contributed by atoms with Gasteiger partial charge in [0.05, 0.1) is 5.56 Å². The number of aryl methyl sites for hydroxylation is 1. The van der Waals surface area contributed by atoms with Gasteiger partial charge in [-0.1, -0.05) is 37.8 Å². The fraction of sp³-hybridized carbons (Fsp3) is 0.529. The van der Waals surface area contributed by atoms with Crippen molar-refractivity contribution < 1.29 is 27.2 Å². The van der Waals surface area contributed by atoms with Gasteiger partial charge in [-0.2, -0.15) is 5.69 Å². The van der Waals surface area contributed by atoms with Crippen LogP contribution in [0.1, 0.15) is 59.3 Å². The number of carbonyl (C=O) groups excluding carboxylic acids is 1. The second-order valence-corrected chi connectivity index (χ2v) is 5.75. The molecule has 1 fully saturated rings. The van der Waals surface area contributed by atoms with Crippen LogP contribution in [-0.2, 0) is 22.4 Å². The van der Waals surface area contributed by atoms with Crippen molar-refractivity contribution in [1.29, 1.82) is 0 Å². The van der Waals surface area contributed by atoms with Crippen molar-refractivity contribution in [3.05, 3.63) is 44.9 Å². The molecule has 21 heavy (non-hydrogen) atoms. The predicted octanol–water partition coefficient (Wildman–Crippen LogP) is 3.25. The van der Waals surface area contributed by atoms with E-state index in [4.69, 9.17) is 0 Å². The van der Waals surface area contributed by atoms with Gasteiger partial charge in [-0.25, -0.2) is 0 Å². The molecule has 1 aliphatic rings. The van der Waals surface area contributed by atoms with Gasteiger partial charge in [-0.15, -0.1) is 0 Å². The molecule has 1 heterocycles. The van der Waals surface area contributed by atoms with E-state index in [1.165, 1.54) is 19.3 Å². The van der Waals surface area contributed by atoms with E-state index in [-0.39, 0.29) is 33.7 Å². The summed E-state index contributed by atoms with van der Waals surface area (Å²) in [5.74, 6) is 0.288. The van der Waals surface area contributed by atoms with E-state index < -0.39 is 5.56 Å². The normalized spacial score (nSPS) is 16.0. The van der Waals surface area contributed by atoms with Crippen LogP contribution in [0.5, 0.6) is 0 Å². The van der Waals surface area contributed by atoms with Crippen molar-refractivity contribution in [2.24, 2.45) is 5.92 Å². The van der Waals surface area contributed by atoms with Gasteiger partial charge in [0.15, 0.2) is 5.78 Å². The van der Waals surface area contributed by atoms with Crippen LogP contribution in [0.2, 0.25) is 0 Å². The molecule has 113 valence electrons. The summed E-state index contributed by atoms with van der Waals surface area (Å²) in [7, 11) is 0. The average molecular weight is 453 g/mol. The molecule has 0 atom stereocenters. The molecule has 0 bridgehead atoms. The van der Waals surface area contributed by atoms with Crippen molar-refractivity contribution in [2.45, 2.75) is 52.9 Å². The standard InChI is InChI=1S/C17H23NO2.Ta/c1-11-12(2)16(17(20)18-13(11)3)15(19)10-9-14-7-5-4-6-8-14;/h9-10,14H,4-8H2,1-3H3,(H,18,19,20);/p-1/b10-9+;. The summed E-state index contributed by atoms with van der Waals surface area (Å²) in [5, 5.41) is 0. The van der Waals surface area contributed by atoms with E-state index in [9.17, 15) is 9.59 Å². The van der Waals surface area contributed by atoms with Gasteiger partial charge in [0.1, 0.15) is 0 Å². The number of hydrogen-bond donors (Lipinski definition) is 0. The van der Waals surface area contributed by atoms with E-state index in [0.717, 1.165) is 24.0 Å². The fourth-order valence-corrected chi connectivity index (χ4v) is 2.83. The summed E-state index contributed by atoms with van der Waals surface area (Å²) < 4.78 is 0. The van der Waals surface area contributed by atoms with Crippen molar-refractivity contribution in [2.75, 3.05) is 0 Å². The Morgan fingerprint density at radius 2 is 1.71 bits per heavy atom. The molecular weight excluding hydrogens is 431 g/mol. The Morgan fingerprint density at radius 1 is 1.10 bits per heavy atom. The monoisotopic (exact) mass is 453 g/mol. The minimum Gasteiger partial charge on any atom is -0.626 e. The van der Waals surface area contributed by atoms with E-state index in [1.54, 1.807) is 13.0 Å². The van der Waals surface area contributed by atoms with Crippen molar-refractivity contribution in [3.8, 4) is 0 Å². The molecule has 0 unspecified atom stereocenters. The van der Waals surface area contributed by atoms with Crippen LogP contribution in [0.3, 0.4) is 0 Å². The Balaban J connectivity index is 0.00000220. The van der Waals surface area contributed by atoms with Gasteiger partial charge in [0.2, 0.25) is 0 Å². The van der Waals surface area contributed by atoms with Gasteiger partial charge < -0.3 is 9.78 Å². The first-order valence-electron chi connectivity index (χ1n) is 7.38. The molecule has 0 N–H and O–H groups in total. The number of carbonyl (C=O) groups is 1. The molecule has 0 spiro atoms. The molecule has 3 nitrogen and oxygen atoms in total. The second-order valence-electron chi connectivity index (χ2n) is 5.75. The second kappa shape index (κ2) is 7.92. The molecule has 0 amide bonds. The smallest absolute Gasteiger partial charge is 0.187 e. The Kier molecular flexibility index (Phi) is 6.85. The van der Waals surface area contributed by atoms with Crippen LogP contribution in [-0.4, -0.2) is 5.78 Å². The zero-order chi connectivity index (χ0) is 14.7. The van der Waals surface area contributed by atoms with Crippen molar-refractivity contribution in [1.82, 2.24) is 4.98 Å². The number of aromatic nitrogens is 1. The summed E-state index contributed by atoms with van der Waals surface area (Å²) in [6.07, 6.45) is 9.63. The first-order valence-corrected chi connectivity index (χ1v) is 7.38. The molecule has 0 aromatic carbocycles. The first kappa shape index (κ1) is 18.2. The number of nitrogens with zero attached hydrogens (tertiary/aromatic N) is 1. The van der Waals surface area contributed by atoms with Crippen LogP contribution in [0.25, 0.3) is 0 Å². The molecule has 1 aromatic rings. The summed E-state index contributed by atoms with van der Waals surface area (Å²) in [5.41, 5.74) is 2.24. The van der Waals surface area contributed by atoms with Gasteiger partial charge >= 0.3 is 0 Å². The molecule has 2 rings (SSSR count). The van der Waals surface area contributed by atoms with E-state index >= 15 is 0 Å². The largest absolute Gasteiger partial charge is 0.626 e. The Hall–Kier alpha value is -0.900. The first-order chi connectivity index (χ1) is 9.50.